The highest BCUT2D eigenvalue weighted by Gasteiger charge is 2.43. The number of carbonyl (C=O) groups excluding carboxylic acids is 2. The predicted octanol–water partition coefficient (Wildman–Crippen LogP) is 17.4. The molecule has 0 bridgehead atoms. The number of amides is 2. The molecule has 3 atom stereocenters. The first-order valence-corrected chi connectivity index (χ1v) is 36.7. The lowest BCUT2D eigenvalue weighted by Gasteiger charge is -2.43. The third-order valence-corrected chi connectivity index (χ3v) is 19.4. The molecule has 546 valence electrons. The van der Waals surface area contributed by atoms with Gasteiger partial charge in [-0.25, -0.2) is 9.59 Å². The Hall–Kier alpha value is -7.22. The average Bonchev–Trinajstić information content (AvgIpc) is 0.754. The van der Waals surface area contributed by atoms with Gasteiger partial charge in [0.2, 0.25) is 0 Å². The molecule has 1 aliphatic heterocycles. The molecule has 0 radical (unpaired) electrons. The van der Waals surface area contributed by atoms with Crippen molar-refractivity contribution in [2.45, 2.75) is 151 Å². The topological polar surface area (TPSA) is 255 Å². The number of methoxy groups -OCH3 is 1. The molecule has 0 spiro atoms. The molecule has 0 aliphatic carbocycles. The van der Waals surface area contributed by atoms with E-state index in [4.69, 9.17) is 33.5 Å². The van der Waals surface area contributed by atoms with Gasteiger partial charge < -0.3 is 34.1 Å². The number of carboxylic acids is 1. The van der Waals surface area contributed by atoms with E-state index >= 15 is 0 Å². The van der Waals surface area contributed by atoms with Crippen LogP contribution in [0, 0.1) is 6.92 Å². The Morgan fingerprint density at radius 3 is 1.64 bits per heavy atom. The Bertz CT molecular complexity index is 3670. The summed E-state index contributed by atoms with van der Waals surface area (Å²) in [5, 5.41) is 35.7. The Kier molecular flexibility index (Phi) is 34.3. The number of carboxylic acid groups (broad SMARTS) is 1. The number of alkyl halides is 9. The summed E-state index contributed by atoms with van der Waals surface area (Å²) in [6, 6.07) is 27.4. The lowest BCUT2D eigenvalue weighted by Crippen LogP contribution is -2.48. The largest absolute Gasteiger partial charge is 0.506 e. The number of aryl methyl sites for hydroxylation is 1. The molecule has 17 nitrogen and oxygen atoms in total. The van der Waals surface area contributed by atoms with E-state index < -0.39 is 114 Å². The van der Waals surface area contributed by atoms with Gasteiger partial charge in [0, 0.05) is 30.2 Å². The van der Waals surface area contributed by atoms with Crippen LogP contribution in [0.1, 0.15) is 142 Å². The molecular weight excluding hydrogens is 1400 g/mol. The maximum atomic E-state index is 13.7. The van der Waals surface area contributed by atoms with Crippen molar-refractivity contribution in [1.29, 1.82) is 0 Å². The third-order valence-electron chi connectivity index (χ3n) is 15.2. The highest BCUT2D eigenvalue weighted by molar-refractivity contribution is 7.99. The van der Waals surface area contributed by atoms with Crippen molar-refractivity contribution in [1.82, 2.24) is 4.90 Å². The fourth-order valence-electron chi connectivity index (χ4n) is 10.2. The minimum atomic E-state index is -5.17. The molecule has 6 aromatic carbocycles. The number of carbonyl (C=O) groups is 3. The Morgan fingerprint density at radius 1 is 0.646 bits per heavy atom. The molecule has 1 unspecified atom stereocenters. The van der Waals surface area contributed by atoms with E-state index in [1.165, 1.54) is 81.9 Å². The van der Waals surface area contributed by atoms with Crippen LogP contribution in [-0.2, 0) is 59.6 Å². The number of hydrogen-bond donors (Lipinski definition) is 5. The van der Waals surface area contributed by atoms with Crippen molar-refractivity contribution < 1.29 is 109 Å². The van der Waals surface area contributed by atoms with E-state index in [0.29, 0.717) is 43.9 Å². The summed E-state index contributed by atoms with van der Waals surface area (Å²) >= 11 is 3.73. The van der Waals surface area contributed by atoms with Gasteiger partial charge in [0.1, 0.15) is 21.3 Å². The van der Waals surface area contributed by atoms with Gasteiger partial charge >= 0.3 is 46.8 Å². The molecule has 2 amide bonds. The first kappa shape index (κ1) is 84.2. The number of thioether (sulfide) groups is 2. The van der Waals surface area contributed by atoms with Crippen molar-refractivity contribution in [3.8, 4) is 22.6 Å². The van der Waals surface area contributed by atoms with Crippen LogP contribution >= 0.6 is 23.5 Å². The van der Waals surface area contributed by atoms with Gasteiger partial charge in [0.25, 0.3) is 10.1 Å². The van der Waals surface area contributed by atoms with Crippen LogP contribution in [0.15, 0.2) is 143 Å². The van der Waals surface area contributed by atoms with Crippen LogP contribution in [0.2, 0.25) is 0 Å². The van der Waals surface area contributed by atoms with Gasteiger partial charge in [-0.05, 0) is 146 Å². The molecule has 0 fully saturated rings. The normalized spacial score (nSPS) is 14.2. The second kappa shape index (κ2) is 40.3. The summed E-state index contributed by atoms with van der Waals surface area (Å²) in [4.78, 5) is 37.7. The van der Waals surface area contributed by atoms with E-state index in [9.17, 15) is 75.8 Å². The molecule has 5 N–H and O–H groups in total. The number of aliphatic carboxylic acids is 1. The molecule has 99 heavy (non-hydrogen) atoms. The maximum Gasteiger partial charge on any atom is 0.416 e. The number of aliphatic hydroxyl groups is 2. The standard InChI is InChI=1S/C26H25F9N2O4.C16H16O2.C14H30O2S2.C13H12O7S2/c1-4-18-12-21(19-11-15(24(27,28)29)6-7-20(19)37(18)23(39)41-5-2)36(22(38)40-3)13-14-8-16(25(30,31)32)10-17(9-14)26(33,34)35;1-2-15(16(17)18)14-10-8-13(9-11-14)12-6-4-3-5-7-12;15-9-13-17-11-7-5-3-1-2-4-6-8-12-18-14-10-16;1-9-2-5-11(6-3-9)22(18,19)20-10-4-7-12(14)13(8-10)21(15,16)17/h6-11,18,21H,4-5,12-13H2,1-3H3;3-11,15H,2H2,1H3,(H,17,18);15-16H,1-14H2;2-8,14H,1H3,(H,15,16,17)/t18-,21+;;;/m1.../s1. The lowest BCUT2D eigenvalue weighted by atomic mass is 9.87. The predicted molar refractivity (Wildman–Crippen MR) is 362 cm³/mol. The first-order chi connectivity index (χ1) is 46.6. The van der Waals surface area contributed by atoms with Crippen LogP contribution in [0.25, 0.3) is 11.1 Å². The number of phenolic OH excluding ortho intramolecular Hbond substituents is 1. The van der Waals surface area contributed by atoms with Crippen LogP contribution in [0.5, 0.6) is 11.5 Å². The Balaban J connectivity index is 0.000000303. The van der Waals surface area contributed by atoms with Crippen molar-refractivity contribution in [3.63, 3.8) is 0 Å². The van der Waals surface area contributed by atoms with Crippen molar-refractivity contribution in [2.24, 2.45) is 0 Å². The second-order valence-electron chi connectivity index (χ2n) is 22.4. The molecular formula is C69H83F9N2O15S4. The molecule has 0 saturated carbocycles. The lowest BCUT2D eigenvalue weighted by molar-refractivity contribution is -0.143. The zero-order valence-corrected chi connectivity index (χ0v) is 58.4. The first-order valence-electron chi connectivity index (χ1n) is 31.5. The summed E-state index contributed by atoms with van der Waals surface area (Å²) in [7, 11) is -7.97. The monoisotopic (exact) mass is 1480 g/mol. The summed E-state index contributed by atoms with van der Waals surface area (Å²) in [6.07, 6.45) is -5.84. The number of benzene rings is 6. The van der Waals surface area contributed by atoms with Crippen LogP contribution in [0.3, 0.4) is 0 Å². The number of rotatable bonds is 28. The number of ether oxygens (including phenoxy) is 2. The quantitative estimate of drug-likeness (QED) is 0.0132. The third kappa shape index (κ3) is 27.3. The number of unbranched alkanes of at least 4 members (excludes halogenated alkanes) is 7. The zero-order valence-electron chi connectivity index (χ0n) is 55.1. The molecule has 30 heteroatoms. The van der Waals surface area contributed by atoms with Gasteiger partial charge in [0.15, 0.2) is 0 Å². The maximum absolute atomic E-state index is 13.7. The average molecular weight is 1480 g/mol. The fraction of sp³-hybridized carbons (Fsp3) is 0.435. The smallest absolute Gasteiger partial charge is 0.416 e. The molecule has 0 aromatic heterocycles. The number of phenols is 1. The zero-order chi connectivity index (χ0) is 73.7. The minimum absolute atomic E-state index is 0.0590. The number of aromatic hydroxyl groups is 1. The number of fused-ring (bicyclic) bond motifs is 1. The van der Waals surface area contributed by atoms with E-state index in [2.05, 4.69) is 0 Å². The second-order valence-corrected chi connectivity index (χ2v) is 27.8. The molecule has 1 heterocycles. The summed E-state index contributed by atoms with van der Waals surface area (Å²) < 4.78 is 192. The van der Waals surface area contributed by atoms with Crippen LogP contribution in [-0.4, -0.2) is 121 Å². The van der Waals surface area contributed by atoms with Crippen molar-refractivity contribution in [3.05, 3.63) is 172 Å². The summed E-state index contributed by atoms with van der Waals surface area (Å²) in [5.74, 6) is 1.97. The molecule has 6 aromatic rings. The van der Waals surface area contributed by atoms with Crippen molar-refractivity contribution >= 4 is 67.6 Å². The number of halogens is 9. The number of anilines is 1. The van der Waals surface area contributed by atoms with E-state index in [-0.39, 0.29) is 47.4 Å². The SMILES string of the molecule is CCC(C(=O)O)c1ccc(-c2ccccc2)cc1.CCOC(=O)N1c2ccc(C(F)(F)F)cc2[C@@H](N(Cc2cc(C(F)(F)F)cc(C(F)(F)F)c2)C(=O)OC)C[C@H]1CC.Cc1ccc(S(=O)(=O)Oc2ccc(O)c(S(=O)(=O)O)c2)cc1.OCCSCCCCCCCCCCSCCO. The van der Waals surface area contributed by atoms with Gasteiger partial charge in [-0.2, -0.15) is 79.9 Å². The van der Waals surface area contributed by atoms with Crippen LogP contribution < -0.4 is 9.08 Å². The summed E-state index contributed by atoms with van der Waals surface area (Å²) in [5.41, 5.74) is -1.30. The number of aliphatic hydroxyl groups excluding tert-OH is 2. The Labute approximate surface area is 579 Å². The van der Waals surface area contributed by atoms with Gasteiger partial charge in [0.05, 0.1) is 61.3 Å². The molecule has 7 rings (SSSR count). The fourth-order valence-corrected chi connectivity index (χ4v) is 13.2. The van der Waals surface area contributed by atoms with E-state index in [1.807, 2.05) is 85.0 Å². The number of hydrogen-bond acceptors (Lipinski definition) is 15. The number of nitrogens with zero attached hydrogens (tertiary/aromatic N) is 2. The van der Waals surface area contributed by atoms with Gasteiger partial charge in [-0.1, -0.05) is 125 Å². The van der Waals surface area contributed by atoms with Crippen LogP contribution in [0.4, 0.5) is 54.8 Å². The highest BCUT2D eigenvalue weighted by atomic mass is 32.2. The van der Waals surface area contributed by atoms with Crippen molar-refractivity contribution in [2.75, 3.05) is 54.8 Å². The van der Waals surface area contributed by atoms with E-state index in [1.54, 1.807) is 26.0 Å². The Morgan fingerprint density at radius 2 is 1.17 bits per heavy atom. The minimum Gasteiger partial charge on any atom is -0.506 e. The molecule has 1 aliphatic rings. The highest BCUT2D eigenvalue weighted by Crippen LogP contribution is 2.46. The van der Waals surface area contributed by atoms with E-state index in [0.717, 1.165) is 74.9 Å². The van der Waals surface area contributed by atoms with Gasteiger partial charge in [-0.15, -0.1) is 0 Å². The summed E-state index contributed by atoms with van der Waals surface area (Å²) in [6.45, 7) is 6.55. The molecule has 0 saturated heterocycles. The van der Waals surface area contributed by atoms with Gasteiger partial charge in [-0.3, -0.25) is 19.1 Å².